The Morgan fingerprint density at radius 2 is 1.90 bits per heavy atom. The third-order valence-electron chi connectivity index (χ3n) is 5.18. The molecule has 1 fully saturated rings. The molecule has 1 heterocycles. The predicted octanol–water partition coefficient (Wildman–Crippen LogP) is 3.98. The molecule has 3 rings (SSSR count). The lowest BCUT2D eigenvalue weighted by Crippen LogP contribution is -2.44. The molecular formula is C23H33IN4O2. The second kappa shape index (κ2) is 12.1. The largest absolute Gasteiger partial charge is 0.474 e. The Labute approximate surface area is 196 Å². The van der Waals surface area contributed by atoms with E-state index in [1.54, 1.807) is 13.1 Å². The maximum atomic E-state index is 10.8. The van der Waals surface area contributed by atoms with Crippen molar-refractivity contribution in [1.82, 2.24) is 15.6 Å². The van der Waals surface area contributed by atoms with Gasteiger partial charge in [0.15, 0.2) is 5.96 Å². The molecule has 1 atom stereocenters. The van der Waals surface area contributed by atoms with E-state index in [0.717, 1.165) is 30.5 Å². The quantitative estimate of drug-likeness (QED) is 0.277. The number of aromatic nitrogens is 1. The molecule has 0 aliphatic heterocycles. The molecule has 0 spiro atoms. The van der Waals surface area contributed by atoms with E-state index >= 15 is 0 Å². The fourth-order valence-corrected chi connectivity index (χ4v) is 3.48. The van der Waals surface area contributed by atoms with Crippen LogP contribution in [0.1, 0.15) is 50.7 Å². The molecule has 1 aliphatic rings. The topological polar surface area (TPSA) is 78.8 Å². The number of nitrogens with zero attached hydrogens (tertiary/aromatic N) is 2. The standard InChI is InChI=1S/C23H32N4O2.HI/c1-3-24-22(27-17-23(2,28)19-11-5-4-6-12-19)26-16-18-10-9-15-25-21(18)29-20-13-7-8-14-20;/h4-6,9-12,15,20,28H,3,7-8,13-14,16-17H2,1-2H3,(H2,24,26,27);1H. The van der Waals surface area contributed by atoms with Crippen LogP contribution in [-0.4, -0.2) is 35.2 Å². The molecule has 1 aliphatic carbocycles. The first-order valence-electron chi connectivity index (χ1n) is 10.5. The third-order valence-corrected chi connectivity index (χ3v) is 5.18. The van der Waals surface area contributed by atoms with Crippen LogP contribution in [0.15, 0.2) is 53.7 Å². The second-order valence-electron chi connectivity index (χ2n) is 7.68. The summed E-state index contributed by atoms with van der Waals surface area (Å²) >= 11 is 0. The van der Waals surface area contributed by atoms with Gasteiger partial charge in [-0.1, -0.05) is 36.4 Å². The number of pyridine rings is 1. The minimum Gasteiger partial charge on any atom is -0.474 e. The van der Waals surface area contributed by atoms with E-state index in [2.05, 4.69) is 20.6 Å². The van der Waals surface area contributed by atoms with Gasteiger partial charge in [-0.15, -0.1) is 24.0 Å². The van der Waals surface area contributed by atoms with Gasteiger partial charge in [-0.05, 0) is 51.2 Å². The van der Waals surface area contributed by atoms with Crippen molar-refractivity contribution in [3.05, 3.63) is 59.8 Å². The summed E-state index contributed by atoms with van der Waals surface area (Å²) in [6, 6.07) is 13.6. The van der Waals surface area contributed by atoms with Gasteiger partial charge in [0, 0.05) is 18.3 Å². The van der Waals surface area contributed by atoms with Crippen LogP contribution in [0.25, 0.3) is 0 Å². The molecule has 0 radical (unpaired) electrons. The number of rotatable bonds is 8. The van der Waals surface area contributed by atoms with Crippen molar-refractivity contribution in [2.75, 3.05) is 13.1 Å². The molecule has 164 valence electrons. The second-order valence-corrected chi connectivity index (χ2v) is 7.68. The number of benzene rings is 1. The molecule has 0 bridgehead atoms. The molecular weight excluding hydrogens is 491 g/mol. The SMILES string of the molecule is CCNC(=NCc1cccnc1OC1CCCC1)NCC(C)(O)c1ccccc1.I. The van der Waals surface area contributed by atoms with Gasteiger partial charge in [0.1, 0.15) is 11.7 Å². The first-order chi connectivity index (χ1) is 14.1. The van der Waals surface area contributed by atoms with Crippen LogP contribution < -0.4 is 15.4 Å². The van der Waals surface area contributed by atoms with Crippen molar-refractivity contribution >= 4 is 29.9 Å². The summed E-state index contributed by atoms with van der Waals surface area (Å²) in [6.45, 7) is 5.36. The average Bonchev–Trinajstić information content (AvgIpc) is 3.25. The molecule has 1 unspecified atom stereocenters. The normalized spacial score (nSPS) is 16.4. The highest BCUT2D eigenvalue weighted by atomic mass is 127. The van der Waals surface area contributed by atoms with Crippen molar-refractivity contribution in [3.8, 4) is 5.88 Å². The Morgan fingerprint density at radius 1 is 1.17 bits per heavy atom. The number of guanidine groups is 1. The van der Waals surface area contributed by atoms with Gasteiger partial charge in [-0.3, -0.25) is 0 Å². The third kappa shape index (κ3) is 7.12. The average molecular weight is 524 g/mol. The van der Waals surface area contributed by atoms with E-state index in [0.29, 0.717) is 24.9 Å². The Hall–Kier alpha value is -1.87. The molecule has 0 amide bonds. The van der Waals surface area contributed by atoms with E-state index in [9.17, 15) is 5.11 Å². The molecule has 1 aromatic heterocycles. The van der Waals surface area contributed by atoms with Gasteiger partial charge < -0.3 is 20.5 Å². The lowest BCUT2D eigenvalue weighted by atomic mass is 9.96. The fraction of sp³-hybridized carbons (Fsp3) is 0.478. The van der Waals surface area contributed by atoms with Crippen molar-refractivity contribution in [1.29, 1.82) is 0 Å². The van der Waals surface area contributed by atoms with Crippen LogP contribution >= 0.6 is 24.0 Å². The Balaban J connectivity index is 0.00000320. The Morgan fingerprint density at radius 3 is 2.60 bits per heavy atom. The molecule has 2 aromatic rings. The lowest BCUT2D eigenvalue weighted by molar-refractivity contribution is 0.0617. The highest BCUT2D eigenvalue weighted by Crippen LogP contribution is 2.25. The molecule has 1 aromatic carbocycles. The summed E-state index contributed by atoms with van der Waals surface area (Å²) in [5.74, 6) is 1.33. The van der Waals surface area contributed by atoms with Gasteiger partial charge in [0.2, 0.25) is 5.88 Å². The minimum absolute atomic E-state index is 0. The van der Waals surface area contributed by atoms with E-state index in [4.69, 9.17) is 4.74 Å². The van der Waals surface area contributed by atoms with E-state index < -0.39 is 5.60 Å². The van der Waals surface area contributed by atoms with Gasteiger partial charge in [0.05, 0.1) is 13.1 Å². The van der Waals surface area contributed by atoms with Gasteiger partial charge in [-0.25, -0.2) is 9.98 Å². The highest BCUT2D eigenvalue weighted by molar-refractivity contribution is 14.0. The number of aliphatic hydroxyl groups is 1. The highest BCUT2D eigenvalue weighted by Gasteiger charge is 2.23. The number of aliphatic imine (C=N–C) groups is 1. The number of hydrogen-bond donors (Lipinski definition) is 3. The van der Waals surface area contributed by atoms with Crippen molar-refractivity contribution in [3.63, 3.8) is 0 Å². The van der Waals surface area contributed by atoms with Crippen molar-refractivity contribution < 1.29 is 9.84 Å². The van der Waals surface area contributed by atoms with Crippen LogP contribution in [-0.2, 0) is 12.1 Å². The molecule has 6 nitrogen and oxygen atoms in total. The zero-order valence-corrected chi connectivity index (χ0v) is 20.1. The molecule has 0 saturated heterocycles. The van der Waals surface area contributed by atoms with Crippen molar-refractivity contribution in [2.24, 2.45) is 4.99 Å². The molecule has 1 saturated carbocycles. The Kier molecular flexibility index (Phi) is 9.84. The van der Waals surface area contributed by atoms with E-state index in [1.165, 1.54) is 12.8 Å². The summed E-state index contributed by atoms with van der Waals surface area (Å²) in [7, 11) is 0. The molecule has 7 heteroatoms. The summed E-state index contributed by atoms with van der Waals surface area (Å²) in [5, 5.41) is 17.3. The lowest BCUT2D eigenvalue weighted by Gasteiger charge is -2.25. The monoisotopic (exact) mass is 524 g/mol. The zero-order chi connectivity index (χ0) is 20.5. The summed E-state index contributed by atoms with van der Waals surface area (Å²) in [5.41, 5.74) is 0.831. The number of ether oxygens (including phenoxy) is 1. The number of nitrogens with one attached hydrogen (secondary N) is 2. The summed E-state index contributed by atoms with van der Waals surface area (Å²) < 4.78 is 6.11. The maximum Gasteiger partial charge on any atom is 0.218 e. The van der Waals surface area contributed by atoms with E-state index in [-0.39, 0.29) is 30.1 Å². The minimum atomic E-state index is -0.998. The summed E-state index contributed by atoms with van der Waals surface area (Å²) in [6.07, 6.45) is 6.66. The molecule has 3 N–H and O–H groups in total. The smallest absolute Gasteiger partial charge is 0.218 e. The van der Waals surface area contributed by atoms with Crippen LogP contribution in [0.2, 0.25) is 0 Å². The molecule has 30 heavy (non-hydrogen) atoms. The van der Waals surface area contributed by atoms with Crippen LogP contribution in [0.3, 0.4) is 0 Å². The zero-order valence-electron chi connectivity index (χ0n) is 17.8. The van der Waals surface area contributed by atoms with Crippen LogP contribution in [0.4, 0.5) is 0 Å². The first-order valence-corrected chi connectivity index (χ1v) is 10.5. The van der Waals surface area contributed by atoms with E-state index in [1.807, 2.05) is 49.4 Å². The predicted molar refractivity (Wildman–Crippen MR) is 131 cm³/mol. The van der Waals surface area contributed by atoms with Gasteiger partial charge in [-0.2, -0.15) is 0 Å². The number of hydrogen-bond acceptors (Lipinski definition) is 4. The van der Waals surface area contributed by atoms with Crippen LogP contribution in [0.5, 0.6) is 5.88 Å². The number of halogens is 1. The van der Waals surface area contributed by atoms with Crippen LogP contribution in [0, 0.1) is 0 Å². The maximum absolute atomic E-state index is 10.8. The van der Waals surface area contributed by atoms with Gasteiger partial charge in [0.25, 0.3) is 0 Å². The fourth-order valence-electron chi connectivity index (χ4n) is 3.48. The first kappa shape index (κ1) is 24.4. The Bertz CT molecular complexity index is 793. The summed E-state index contributed by atoms with van der Waals surface area (Å²) in [4.78, 5) is 9.10. The van der Waals surface area contributed by atoms with Gasteiger partial charge >= 0.3 is 0 Å². The van der Waals surface area contributed by atoms with Crippen molar-refractivity contribution in [2.45, 2.75) is 57.8 Å².